The van der Waals surface area contributed by atoms with Gasteiger partial charge in [0, 0.05) is 24.0 Å². The molecule has 0 aliphatic heterocycles. The van der Waals surface area contributed by atoms with Crippen LogP contribution in [0.3, 0.4) is 0 Å². The number of hydrogen-bond acceptors (Lipinski definition) is 4. The van der Waals surface area contributed by atoms with E-state index < -0.39 is 17.2 Å². The molecule has 2 aromatic carbocycles. The highest BCUT2D eigenvalue weighted by Crippen LogP contribution is 2.23. The molecule has 0 saturated heterocycles. The Bertz CT molecular complexity index is 929. The summed E-state index contributed by atoms with van der Waals surface area (Å²) in [6.07, 6.45) is 0. The van der Waals surface area contributed by atoms with Crippen molar-refractivity contribution in [2.24, 2.45) is 5.41 Å². The van der Waals surface area contributed by atoms with Gasteiger partial charge in [0.25, 0.3) is 0 Å². The lowest BCUT2D eigenvalue weighted by molar-refractivity contribution is -0.135. The van der Waals surface area contributed by atoms with Gasteiger partial charge in [-0.3, -0.25) is 14.4 Å². The van der Waals surface area contributed by atoms with Crippen LogP contribution in [0.2, 0.25) is 0 Å². The van der Waals surface area contributed by atoms with E-state index in [9.17, 15) is 14.4 Å². The summed E-state index contributed by atoms with van der Waals surface area (Å²) in [5.41, 5.74) is 0.471. The summed E-state index contributed by atoms with van der Waals surface area (Å²) in [6.45, 7) is 4.40. The molecule has 0 aliphatic carbocycles. The van der Waals surface area contributed by atoms with Crippen LogP contribution < -0.4 is 16.0 Å². The molecule has 3 amide bonds. The molecule has 0 bridgehead atoms. The maximum atomic E-state index is 12.6. The maximum absolute atomic E-state index is 12.6. The lowest BCUT2D eigenvalue weighted by Gasteiger charge is -2.23. The minimum atomic E-state index is -1.37. The summed E-state index contributed by atoms with van der Waals surface area (Å²) < 4.78 is 0. The summed E-state index contributed by atoms with van der Waals surface area (Å²) in [4.78, 5) is 36.3. The number of amides is 3. The fourth-order valence-electron chi connectivity index (χ4n) is 2.22. The van der Waals surface area contributed by atoms with Crippen LogP contribution in [-0.4, -0.2) is 17.7 Å². The Morgan fingerprint density at radius 2 is 1.33 bits per heavy atom. The SMILES string of the molecule is CC(=O)Nc1cccc(NC(=O)C(C)(C)C(=O)Nc2cccc(C#N)c2)c1. The molecule has 2 rings (SSSR count). The zero-order valence-electron chi connectivity index (χ0n) is 15.3. The van der Waals surface area contributed by atoms with Gasteiger partial charge in [-0.15, -0.1) is 0 Å². The van der Waals surface area contributed by atoms with Crippen molar-refractivity contribution < 1.29 is 14.4 Å². The van der Waals surface area contributed by atoms with Crippen LogP contribution in [-0.2, 0) is 14.4 Å². The third-order valence-corrected chi connectivity index (χ3v) is 3.83. The Hall–Kier alpha value is -3.66. The third-order valence-electron chi connectivity index (χ3n) is 3.83. The van der Waals surface area contributed by atoms with E-state index in [-0.39, 0.29) is 5.91 Å². The van der Waals surface area contributed by atoms with Gasteiger partial charge in [-0.2, -0.15) is 5.26 Å². The van der Waals surface area contributed by atoms with Gasteiger partial charge in [-0.05, 0) is 50.2 Å². The predicted molar refractivity (Wildman–Crippen MR) is 103 cm³/mol. The molecule has 2 aromatic rings. The van der Waals surface area contributed by atoms with E-state index in [1.165, 1.54) is 26.8 Å². The van der Waals surface area contributed by atoms with E-state index in [0.717, 1.165) is 0 Å². The lowest BCUT2D eigenvalue weighted by Crippen LogP contribution is -2.41. The minimum absolute atomic E-state index is 0.224. The molecule has 0 atom stereocenters. The monoisotopic (exact) mass is 364 g/mol. The van der Waals surface area contributed by atoms with E-state index in [0.29, 0.717) is 22.6 Å². The molecular formula is C20H20N4O3. The average molecular weight is 364 g/mol. The Morgan fingerprint density at radius 3 is 1.85 bits per heavy atom. The number of anilines is 3. The molecule has 138 valence electrons. The topological polar surface area (TPSA) is 111 Å². The van der Waals surface area contributed by atoms with Gasteiger partial charge in [-0.1, -0.05) is 12.1 Å². The number of nitrogens with one attached hydrogen (secondary N) is 3. The molecule has 0 unspecified atom stereocenters. The first-order valence-corrected chi connectivity index (χ1v) is 8.23. The highest BCUT2D eigenvalue weighted by atomic mass is 16.2. The number of hydrogen-bond donors (Lipinski definition) is 3. The molecule has 0 aliphatic rings. The van der Waals surface area contributed by atoms with Gasteiger partial charge in [0.05, 0.1) is 11.6 Å². The minimum Gasteiger partial charge on any atom is -0.326 e. The summed E-state index contributed by atoms with van der Waals surface area (Å²) >= 11 is 0. The van der Waals surface area contributed by atoms with Crippen LogP contribution in [0.1, 0.15) is 26.3 Å². The molecule has 27 heavy (non-hydrogen) atoms. The zero-order valence-corrected chi connectivity index (χ0v) is 15.3. The Labute approximate surface area is 157 Å². The molecular weight excluding hydrogens is 344 g/mol. The van der Waals surface area contributed by atoms with Crippen molar-refractivity contribution in [2.45, 2.75) is 20.8 Å². The number of rotatable bonds is 5. The van der Waals surface area contributed by atoms with E-state index in [1.807, 2.05) is 6.07 Å². The van der Waals surface area contributed by atoms with Gasteiger partial charge < -0.3 is 16.0 Å². The first kappa shape index (κ1) is 19.7. The number of carbonyl (C=O) groups is 3. The highest BCUT2D eigenvalue weighted by molar-refractivity contribution is 6.14. The van der Waals surface area contributed by atoms with Crippen molar-refractivity contribution in [3.05, 3.63) is 54.1 Å². The van der Waals surface area contributed by atoms with E-state index >= 15 is 0 Å². The zero-order chi connectivity index (χ0) is 20.0. The summed E-state index contributed by atoms with van der Waals surface area (Å²) in [5, 5.41) is 16.9. The largest absolute Gasteiger partial charge is 0.326 e. The van der Waals surface area contributed by atoms with Gasteiger partial charge in [0.1, 0.15) is 5.41 Å². The van der Waals surface area contributed by atoms with Crippen LogP contribution in [0.4, 0.5) is 17.1 Å². The van der Waals surface area contributed by atoms with Crippen LogP contribution in [0.15, 0.2) is 48.5 Å². The van der Waals surface area contributed by atoms with Crippen molar-refractivity contribution in [3.63, 3.8) is 0 Å². The van der Waals surface area contributed by atoms with Crippen molar-refractivity contribution in [1.82, 2.24) is 0 Å². The second-order valence-electron chi connectivity index (χ2n) is 6.49. The molecule has 7 heteroatoms. The van der Waals surface area contributed by atoms with Gasteiger partial charge in [0.2, 0.25) is 17.7 Å². The van der Waals surface area contributed by atoms with E-state index in [2.05, 4.69) is 16.0 Å². The summed E-state index contributed by atoms with van der Waals surface area (Å²) in [5.74, 6) is -1.23. The molecule has 7 nitrogen and oxygen atoms in total. The fraction of sp³-hybridized carbons (Fsp3) is 0.200. The molecule has 0 heterocycles. The van der Waals surface area contributed by atoms with Crippen LogP contribution >= 0.6 is 0 Å². The predicted octanol–water partition coefficient (Wildman–Crippen LogP) is 3.12. The Balaban J connectivity index is 2.10. The van der Waals surface area contributed by atoms with Crippen LogP contribution in [0.25, 0.3) is 0 Å². The Kier molecular flexibility index (Phi) is 5.93. The second-order valence-corrected chi connectivity index (χ2v) is 6.49. The van der Waals surface area contributed by atoms with Gasteiger partial charge in [0.15, 0.2) is 0 Å². The van der Waals surface area contributed by atoms with E-state index in [1.54, 1.807) is 42.5 Å². The summed E-state index contributed by atoms with van der Waals surface area (Å²) in [7, 11) is 0. The highest BCUT2D eigenvalue weighted by Gasteiger charge is 2.36. The number of benzene rings is 2. The van der Waals surface area contributed by atoms with Crippen molar-refractivity contribution >= 4 is 34.8 Å². The second kappa shape index (κ2) is 8.15. The van der Waals surface area contributed by atoms with Crippen LogP contribution in [0, 0.1) is 16.7 Å². The quantitative estimate of drug-likeness (QED) is 0.708. The first-order valence-electron chi connectivity index (χ1n) is 8.23. The Morgan fingerprint density at radius 1 is 0.852 bits per heavy atom. The summed E-state index contributed by atoms with van der Waals surface area (Å²) in [6, 6.07) is 15.1. The number of nitriles is 1. The van der Waals surface area contributed by atoms with Crippen molar-refractivity contribution in [3.8, 4) is 6.07 Å². The standard InChI is InChI=1S/C20H20N4O3/c1-13(25)22-16-8-5-9-17(11-16)24-19(27)20(2,3)18(26)23-15-7-4-6-14(10-15)12-21/h4-11H,1-3H3,(H,22,25)(H,23,26)(H,24,27). The number of nitrogens with zero attached hydrogens (tertiary/aromatic N) is 1. The maximum Gasteiger partial charge on any atom is 0.239 e. The lowest BCUT2D eigenvalue weighted by atomic mass is 9.90. The third kappa shape index (κ3) is 5.16. The molecule has 0 radical (unpaired) electrons. The molecule has 0 fully saturated rings. The van der Waals surface area contributed by atoms with Crippen molar-refractivity contribution in [1.29, 1.82) is 5.26 Å². The van der Waals surface area contributed by atoms with Gasteiger partial charge in [-0.25, -0.2) is 0 Å². The van der Waals surface area contributed by atoms with Crippen LogP contribution in [0.5, 0.6) is 0 Å². The molecule has 3 N–H and O–H groups in total. The molecule has 0 spiro atoms. The smallest absolute Gasteiger partial charge is 0.239 e. The van der Waals surface area contributed by atoms with Gasteiger partial charge >= 0.3 is 0 Å². The normalized spacial score (nSPS) is 10.4. The average Bonchev–Trinajstić information content (AvgIpc) is 2.61. The number of carbonyl (C=O) groups excluding carboxylic acids is 3. The first-order chi connectivity index (χ1) is 12.7. The molecule has 0 aromatic heterocycles. The van der Waals surface area contributed by atoms with Crippen molar-refractivity contribution in [2.75, 3.05) is 16.0 Å². The van der Waals surface area contributed by atoms with E-state index in [4.69, 9.17) is 5.26 Å². The molecule has 0 saturated carbocycles. The fourth-order valence-corrected chi connectivity index (χ4v) is 2.22.